The number of sulfonamides is 1. The topological polar surface area (TPSA) is 86.8 Å². The molecule has 0 heterocycles. The zero-order chi connectivity index (χ0) is 35.2. The zero-order valence-electron chi connectivity index (χ0n) is 26.3. The molecule has 4 rings (SSSR count). The van der Waals surface area contributed by atoms with Crippen molar-refractivity contribution in [2.75, 3.05) is 10.8 Å². The van der Waals surface area contributed by atoms with Crippen LogP contribution in [0.15, 0.2) is 102 Å². The van der Waals surface area contributed by atoms with Crippen molar-refractivity contribution in [3.63, 3.8) is 0 Å². The van der Waals surface area contributed by atoms with Gasteiger partial charge in [-0.25, -0.2) is 12.8 Å². The molecule has 13 heteroatoms. The summed E-state index contributed by atoms with van der Waals surface area (Å²) in [5, 5.41) is 2.15. The van der Waals surface area contributed by atoms with E-state index in [1.165, 1.54) is 48.5 Å². The van der Waals surface area contributed by atoms with Crippen molar-refractivity contribution >= 4 is 39.1 Å². The molecule has 2 amide bonds. The minimum absolute atomic E-state index is 0.0240. The number of anilines is 1. The number of alkyl halides is 3. The number of halogens is 5. The molecule has 0 fully saturated rings. The molecule has 48 heavy (non-hydrogen) atoms. The Kier molecular flexibility index (Phi) is 11.5. The molecule has 0 aliphatic carbocycles. The summed E-state index contributed by atoms with van der Waals surface area (Å²) in [4.78, 5) is 29.0. The van der Waals surface area contributed by atoms with Gasteiger partial charge in [0.15, 0.2) is 0 Å². The lowest BCUT2D eigenvalue weighted by atomic mass is 10.0. The molecule has 1 unspecified atom stereocenters. The van der Waals surface area contributed by atoms with Gasteiger partial charge in [-0.1, -0.05) is 71.8 Å². The number of carbonyl (C=O) groups excluding carboxylic acids is 2. The van der Waals surface area contributed by atoms with E-state index in [0.717, 1.165) is 22.6 Å². The minimum Gasteiger partial charge on any atom is -0.352 e. The molecule has 0 aliphatic rings. The molecule has 0 saturated carbocycles. The van der Waals surface area contributed by atoms with Crippen molar-refractivity contribution in [2.45, 2.75) is 56.9 Å². The molecular weight excluding hydrogens is 670 g/mol. The fourth-order valence-electron chi connectivity index (χ4n) is 4.97. The van der Waals surface area contributed by atoms with Crippen LogP contribution in [-0.2, 0) is 38.8 Å². The molecule has 0 spiro atoms. The van der Waals surface area contributed by atoms with Gasteiger partial charge in [-0.05, 0) is 74.4 Å². The van der Waals surface area contributed by atoms with E-state index >= 15 is 0 Å². The van der Waals surface area contributed by atoms with Gasteiger partial charge in [0.2, 0.25) is 11.8 Å². The highest BCUT2D eigenvalue weighted by atomic mass is 35.5. The molecule has 254 valence electrons. The van der Waals surface area contributed by atoms with Crippen molar-refractivity contribution in [1.29, 1.82) is 0 Å². The van der Waals surface area contributed by atoms with Gasteiger partial charge in [0.25, 0.3) is 10.0 Å². The third-order valence-corrected chi connectivity index (χ3v) is 9.52. The predicted molar refractivity (Wildman–Crippen MR) is 176 cm³/mol. The summed E-state index contributed by atoms with van der Waals surface area (Å²) >= 11 is 5.85. The molecule has 0 aromatic heterocycles. The fraction of sp³-hybridized carbons (Fsp3) is 0.257. The first kappa shape index (κ1) is 36.4. The second-order valence-corrected chi connectivity index (χ2v) is 13.8. The molecular formula is C35H34ClF4N3O4S. The SMILES string of the molecule is Cc1ccc(S(=O)(=O)N(CC(=O)N(Cc2ccc(F)cc2)C(Cc2ccccc2)C(=O)NC(C)C)c2ccc(Cl)c(C(F)(F)F)c2)cc1. The summed E-state index contributed by atoms with van der Waals surface area (Å²) in [7, 11) is -4.65. The Bertz CT molecular complexity index is 1840. The molecule has 0 aliphatic heterocycles. The van der Waals surface area contributed by atoms with Crippen LogP contribution >= 0.6 is 11.6 Å². The highest BCUT2D eigenvalue weighted by Crippen LogP contribution is 2.38. The Morgan fingerprint density at radius 2 is 1.50 bits per heavy atom. The highest BCUT2D eigenvalue weighted by molar-refractivity contribution is 7.92. The number of carbonyl (C=O) groups is 2. The van der Waals surface area contributed by atoms with Gasteiger partial charge in [-0.2, -0.15) is 13.2 Å². The normalized spacial score (nSPS) is 12.4. The van der Waals surface area contributed by atoms with Crippen molar-refractivity contribution in [2.24, 2.45) is 0 Å². The van der Waals surface area contributed by atoms with Gasteiger partial charge in [-0.3, -0.25) is 13.9 Å². The number of amides is 2. The lowest BCUT2D eigenvalue weighted by Gasteiger charge is -2.34. The summed E-state index contributed by atoms with van der Waals surface area (Å²) in [6.07, 6.45) is -4.91. The number of hydrogen-bond acceptors (Lipinski definition) is 4. The summed E-state index contributed by atoms with van der Waals surface area (Å²) in [6, 6.07) is 20.7. The molecule has 4 aromatic carbocycles. The highest BCUT2D eigenvalue weighted by Gasteiger charge is 2.37. The largest absolute Gasteiger partial charge is 0.417 e. The lowest BCUT2D eigenvalue weighted by Crippen LogP contribution is -2.54. The maximum Gasteiger partial charge on any atom is 0.417 e. The first-order valence-electron chi connectivity index (χ1n) is 14.9. The van der Waals surface area contributed by atoms with E-state index in [1.807, 2.05) is 0 Å². The van der Waals surface area contributed by atoms with Crippen LogP contribution in [0.2, 0.25) is 5.02 Å². The van der Waals surface area contributed by atoms with Gasteiger partial charge >= 0.3 is 6.18 Å². The van der Waals surface area contributed by atoms with Crippen LogP contribution in [0.4, 0.5) is 23.2 Å². The first-order chi connectivity index (χ1) is 22.6. The van der Waals surface area contributed by atoms with Crippen molar-refractivity contribution in [3.05, 3.63) is 130 Å². The third kappa shape index (κ3) is 9.13. The standard InChI is InChI=1S/C35H34ClF4N3O4S/c1-23(2)41-34(45)32(19-25-7-5-4-6-8-25)42(21-26-11-13-27(37)14-12-26)33(44)22-43(48(46,47)29-16-9-24(3)10-17-29)28-15-18-31(36)30(20-28)35(38,39)40/h4-18,20,23,32H,19,21-22H2,1-3H3,(H,41,45). The van der Waals surface area contributed by atoms with Crippen LogP contribution in [0, 0.1) is 12.7 Å². The van der Waals surface area contributed by atoms with E-state index in [-0.39, 0.29) is 23.9 Å². The number of nitrogens with one attached hydrogen (secondary N) is 1. The summed E-state index contributed by atoms with van der Waals surface area (Å²) in [6.45, 7) is 3.98. The average Bonchev–Trinajstić information content (AvgIpc) is 3.02. The Morgan fingerprint density at radius 1 is 0.875 bits per heavy atom. The van der Waals surface area contributed by atoms with Crippen molar-refractivity contribution in [1.82, 2.24) is 10.2 Å². The quantitative estimate of drug-likeness (QED) is 0.159. The van der Waals surface area contributed by atoms with Crippen LogP contribution in [0.25, 0.3) is 0 Å². The summed E-state index contributed by atoms with van der Waals surface area (Å²) in [5.41, 5.74) is 0.0926. The van der Waals surface area contributed by atoms with Gasteiger partial charge in [0, 0.05) is 19.0 Å². The predicted octanol–water partition coefficient (Wildman–Crippen LogP) is 7.17. The van der Waals surface area contributed by atoms with Crippen molar-refractivity contribution in [3.8, 4) is 0 Å². The van der Waals surface area contributed by atoms with E-state index in [0.29, 0.717) is 21.5 Å². The first-order valence-corrected chi connectivity index (χ1v) is 16.7. The van der Waals surface area contributed by atoms with Gasteiger partial charge in [-0.15, -0.1) is 0 Å². The van der Waals surface area contributed by atoms with Crippen LogP contribution < -0.4 is 9.62 Å². The summed E-state index contributed by atoms with van der Waals surface area (Å²) in [5.74, 6) is -1.96. The number of hydrogen-bond donors (Lipinski definition) is 1. The van der Waals surface area contributed by atoms with Crippen LogP contribution in [-0.4, -0.2) is 43.8 Å². The average molecular weight is 704 g/mol. The Hall–Kier alpha value is -4.42. The van der Waals surface area contributed by atoms with Gasteiger partial charge in [0.1, 0.15) is 18.4 Å². The minimum atomic E-state index is -4.93. The lowest BCUT2D eigenvalue weighted by molar-refractivity contribution is -0.140. The van der Waals surface area contributed by atoms with E-state index in [1.54, 1.807) is 51.1 Å². The second-order valence-electron chi connectivity index (χ2n) is 11.5. The number of rotatable bonds is 12. The van der Waals surface area contributed by atoms with E-state index in [2.05, 4.69) is 5.32 Å². The van der Waals surface area contributed by atoms with E-state index < -0.39 is 62.7 Å². The molecule has 0 radical (unpaired) electrons. The summed E-state index contributed by atoms with van der Waals surface area (Å²) < 4.78 is 84.4. The smallest absolute Gasteiger partial charge is 0.352 e. The molecule has 1 atom stereocenters. The van der Waals surface area contributed by atoms with Gasteiger partial charge < -0.3 is 10.2 Å². The Balaban J connectivity index is 1.86. The zero-order valence-corrected chi connectivity index (χ0v) is 27.9. The molecule has 0 saturated heterocycles. The number of aryl methyl sites for hydroxylation is 1. The molecule has 7 nitrogen and oxygen atoms in total. The van der Waals surface area contributed by atoms with Crippen LogP contribution in [0.5, 0.6) is 0 Å². The van der Waals surface area contributed by atoms with Gasteiger partial charge in [0.05, 0.1) is 21.2 Å². The molecule has 1 N–H and O–H groups in total. The fourth-order valence-corrected chi connectivity index (χ4v) is 6.60. The molecule has 0 bridgehead atoms. The third-order valence-electron chi connectivity index (χ3n) is 7.40. The number of benzene rings is 4. The van der Waals surface area contributed by atoms with E-state index in [9.17, 15) is 35.6 Å². The maximum absolute atomic E-state index is 14.4. The second kappa shape index (κ2) is 15.2. The monoisotopic (exact) mass is 703 g/mol. The van der Waals surface area contributed by atoms with E-state index in [4.69, 9.17) is 11.6 Å². The Morgan fingerprint density at radius 3 is 2.08 bits per heavy atom. The maximum atomic E-state index is 14.4. The van der Waals surface area contributed by atoms with Crippen molar-refractivity contribution < 1.29 is 35.6 Å². The number of nitrogens with zero attached hydrogens (tertiary/aromatic N) is 2. The van der Waals surface area contributed by atoms with Crippen LogP contribution in [0.1, 0.15) is 36.1 Å². The Labute approximate surface area is 282 Å². The van der Waals surface area contributed by atoms with Crippen LogP contribution in [0.3, 0.4) is 0 Å². The molecule has 4 aromatic rings.